The monoisotopic (exact) mass is 223 g/mol. The van der Waals surface area contributed by atoms with Crippen molar-refractivity contribution < 1.29 is 4.74 Å². The van der Waals surface area contributed by atoms with Gasteiger partial charge in [0.2, 0.25) is 0 Å². The molecule has 1 saturated carbocycles. The summed E-state index contributed by atoms with van der Waals surface area (Å²) in [5.41, 5.74) is 2.88. The molecule has 1 unspecified atom stereocenters. The first-order chi connectivity index (χ1) is 7.83. The molecule has 0 aromatic rings. The fraction of sp³-hybridized carbons (Fsp3) is 0.833. The molecule has 4 nitrogen and oxygen atoms in total. The average Bonchev–Trinajstić information content (AvgIpc) is 2.82. The quantitative estimate of drug-likeness (QED) is 0.405. The van der Waals surface area contributed by atoms with E-state index in [0.717, 1.165) is 39.1 Å². The van der Waals surface area contributed by atoms with Crippen LogP contribution in [0.25, 0.3) is 0 Å². The molecule has 0 radical (unpaired) electrons. The predicted octanol–water partition coefficient (Wildman–Crippen LogP) is 0.0965. The molecule has 16 heavy (non-hydrogen) atoms. The van der Waals surface area contributed by atoms with Crippen LogP contribution in [0, 0.1) is 12.3 Å². The zero-order chi connectivity index (χ0) is 11.4. The Hall–Kier alpha value is -0.600. The molecule has 0 aromatic carbocycles. The first-order valence-electron chi connectivity index (χ1n) is 6.08. The highest BCUT2D eigenvalue weighted by atomic mass is 16.5. The molecule has 0 amide bonds. The summed E-state index contributed by atoms with van der Waals surface area (Å²) in [5.74, 6) is 8.42. The van der Waals surface area contributed by atoms with Crippen molar-refractivity contribution >= 4 is 0 Å². The summed E-state index contributed by atoms with van der Waals surface area (Å²) in [5, 5.41) is 0. The number of hydrogen-bond donors (Lipinski definition) is 2. The minimum atomic E-state index is -0.0481. The Morgan fingerprint density at radius 2 is 1.94 bits per heavy atom. The van der Waals surface area contributed by atoms with Crippen LogP contribution in [0.5, 0.6) is 0 Å². The zero-order valence-electron chi connectivity index (χ0n) is 9.74. The number of nitrogens with zero attached hydrogens (tertiary/aromatic N) is 1. The van der Waals surface area contributed by atoms with Crippen molar-refractivity contribution in [2.24, 2.45) is 5.84 Å². The van der Waals surface area contributed by atoms with Gasteiger partial charge in [-0.05, 0) is 12.8 Å². The summed E-state index contributed by atoms with van der Waals surface area (Å²) >= 11 is 0. The van der Waals surface area contributed by atoms with Gasteiger partial charge in [-0.3, -0.25) is 10.7 Å². The Balaban J connectivity index is 2.17. The van der Waals surface area contributed by atoms with Gasteiger partial charge in [-0.2, -0.15) is 0 Å². The summed E-state index contributed by atoms with van der Waals surface area (Å²) in [6.07, 6.45) is 10.4. The number of rotatable bonds is 3. The number of hydrazine groups is 1. The van der Waals surface area contributed by atoms with Gasteiger partial charge < -0.3 is 4.74 Å². The van der Waals surface area contributed by atoms with E-state index in [1.165, 1.54) is 12.8 Å². The third kappa shape index (κ3) is 1.96. The van der Waals surface area contributed by atoms with Crippen LogP contribution in [0.1, 0.15) is 25.7 Å². The van der Waals surface area contributed by atoms with Crippen LogP contribution in [0.3, 0.4) is 0 Å². The van der Waals surface area contributed by atoms with E-state index < -0.39 is 0 Å². The van der Waals surface area contributed by atoms with Crippen molar-refractivity contribution in [1.82, 2.24) is 10.3 Å². The Morgan fingerprint density at radius 1 is 1.31 bits per heavy atom. The Morgan fingerprint density at radius 3 is 2.44 bits per heavy atom. The van der Waals surface area contributed by atoms with E-state index in [9.17, 15) is 0 Å². The zero-order valence-corrected chi connectivity index (χ0v) is 9.74. The van der Waals surface area contributed by atoms with Gasteiger partial charge in [0.25, 0.3) is 0 Å². The molecule has 0 spiro atoms. The van der Waals surface area contributed by atoms with Crippen LogP contribution in [0.15, 0.2) is 0 Å². The normalized spacial score (nSPS) is 27.5. The van der Waals surface area contributed by atoms with Gasteiger partial charge in [0.1, 0.15) is 0 Å². The van der Waals surface area contributed by atoms with Crippen LogP contribution in [-0.4, -0.2) is 42.8 Å². The predicted molar refractivity (Wildman–Crippen MR) is 63.5 cm³/mol. The fourth-order valence-electron chi connectivity index (χ4n) is 3.14. The second-order valence-electron chi connectivity index (χ2n) is 4.68. The lowest BCUT2D eigenvalue weighted by Crippen LogP contribution is -2.63. The number of morpholine rings is 1. The molecule has 4 heteroatoms. The molecule has 2 fully saturated rings. The van der Waals surface area contributed by atoms with Crippen LogP contribution in [0.4, 0.5) is 0 Å². The Labute approximate surface area is 97.5 Å². The van der Waals surface area contributed by atoms with Crippen molar-refractivity contribution in [1.29, 1.82) is 0 Å². The highest BCUT2D eigenvalue weighted by Gasteiger charge is 2.45. The summed E-state index contributed by atoms with van der Waals surface area (Å²) in [6, 6.07) is -0.0481. The van der Waals surface area contributed by atoms with Crippen molar-refractivity contribution in [2.75, 3.05) is 26.3 Å². The summed E-state index contributed by atoms with van der Waals surface area (Å²) in [6.45, 7) is 3.56. The third-order valence-corrected chi connectivity index (χ3v) is 3.98. The van der Waals surface area contributed by atoms with Gasteiger partial charge in [-0.25, -0.2) is 5.43 Å². The van der Waals surface area contributed by atoms with E-state index in [4.69, 9.17) is 17.0 Å². The molecule has 1 aliphatic carbocycles. The highest BCUT2D eigenvalue weighted by molar-refractivity contribution is 5.15. The van der Waals surface area contributed by atoms with Crippen LogP contribution >= 0.6 is 0 Å². The van der Waals surface area contributed by atoms with E-state index in [0.29, 0.717) is 0 Å². The topological polar surface area (TPSA) is 50.5 Å². The molecular formula is C12H21N3O. The Bertz CT molecular complexity index is 262. The van der Waals surface area contributed by atoms with Gasteiger partial charge in [-0.15, -0.1) is 6.42 Å². The van der Waals surface area contributed by atoms with E-state index in [1.54, 1.807) is 0 Å². The summed E-state index contributed by atoms with van der Waals surface area (Å²) in [4.78, 5) is 2.48. The molecule has 1 heterocycles. The number of nitrogens with one attached hydrogen (secondary N) is 1. The lowest BCUT2D eigenvalue weighted by atomic mass is 9.86. The van der Waals surface area contributed by atoms with Gasteiger partial charge in [0, 0.05) is 18.6 Å². The van der Waals surface area contributed by atoms with E-state index in [2.05, 4.69) is 16.2 Å². The minimum Gasteiger partial charge on any atom is -0.379 e. The van der Waals surface area contributed by atoms with E-state index in [1.807, 2.05) is 0 Å². The molecule has 2 aliphatic rings. The molecular weight excluding hydrogens is 202 g/mol. The maximum atomic E-state index is 5.60. The smallest absolute Gasteiger partial charge is 0.0997 e. The first-order valence-corrected chi connectivity index (χ1v) is 6.08. The fourth-order valence-corrected chi connectivity index (χ4v) is 3.14. The standard InChI is InChI=1S/C12H21N3O/c1-2-11(14-13)12(5-3-4-6-12)15-7-9-16-10-8-15/h1,11,14H,3-10,13H2. The summed E-state index contributed by atoms with van der Waals surface area (Å²) in [7, 11) is 0. The van der Waals surface area contributed by atoms with Crippen molar-refractivity contribution in [3.05, 3.63) is 0 Å². The number of nitrogens with two attached hydrogens (primary N) is 1. The number of terminal acetylenes is 1. The van der Waals surface area contributed by atoms with Crippen LogP contribution < -0.4 is 11.3 Å². The van der Waals surface area contributed by atoms with E-state index >= 15 is 0 Å². The molecule has 1 saturated heterocycles. The third-order valence-electron chi connectivity index (χ3n) is 3.98. The maximum absolute atomic E-state index is 5.60. The van der Waals surface area contributed by atoms with E-state index in [-0.39, 0.29) is 11.6 Å². The van der Waals surface area contributed by atoms with Gasteiger partial charge >= 0.3 is 0 Å². The van der Waals surface area contributed by atoms with Crippen molar-refractivity contribution in [2.45, 2.75) is 37.3 Å². The number of ether oxygens (including phenoxy) is 1. The van der Waals surface area contributed by atoms with Gasteiger partial charge in [0.15, 0.2) is 0 Å². The maximum Gasteiger partial charge on any atom is 0.0997 e. The lowest BCUT2D eigenvalue weighted by Gasteiger charge is -2.46. The van der Waals surface area contributed by atoms with Crippen molar-refractivity contribution in [3.8, 4) is 12.3 Å². The van der Waals surface area contributed by atoms with Crippen LogP contribution in [0.2, 0.25) is 0 Å². The lowest BCUT2D eigenvalue weighted by molar-refractivity contribution is -0.0283. The molecule has 2 rings (SSSR count). The number of hydrogen-bond acceptors (Lipinski definition) is 4. The van der Waals surface area contributed by atoms with Gasteiger partial charge in [-0.1, -0.05) is 18.8 Å². The summed E-state index contributed by atoms with van der Waals surface area (Å²) < 4.78 is 5.41. The largest absolute Gasteiger partial charge is 0.379 e. The molecule has 3 N–H and O–H groups in total. The molecule has 0 bridgehead atoms. The molecule has 0 aromatic heterocycles. The minimum absolute atomic E-state index is 0.0481. The molecule has 90 valence electrons. The van der Waals surface area contributed by atoms with Gasteiger partial charge in [0.05, 0.1) is 19.3 Å². The average molecular weight is 223 g/mol. The second-order valence-corrected chi connectivity index (χ2v) is 4.68. The Kier molecular flexibility index (Phi) is 3.82. The SMILES string of the molecule is C#CC(NN)C1(N2CCOCC2)CCCC1. The second kappa shape index (κ2) is 5.15. The molecule has 1 atom stereocenters. The molecule has 1 aliphatic heterocycles. The van der Waals surface area contributed by atoms with Crippen molar-refractivity contribution in [3.63, 3.8) is 0 Å². The highest BCUT2D eigenvalue weighted by Crippen LogP contribution is 2.38. The first kappa shape index (κ1) is 11.9. The van der Waals surface area contributed by atoms with Crippen LogP contribution in [-0.2, 0) is 4.74 Å².